The van der Waals surface area contributed by atoms with Gasteiger partial charge in [-0.15, -0.1) is 0 Å². The first-order valence-corrected chi connectivity index (χ1v) is 10.2. The number of aliphatic hydroxyl groups is 2. The van der Waals surface area contributed by atoms with Gasteiger partial charge in [-0.2, -0.15) is 0 Å². The van der Waals surface area contributed by atoms with E-state index in [1.54, 1.807) is 0 Å². The molecule has 4 heteroatoms. The van der Waals surface area contributed by atoms with Crippen molar-refractivity contribution in [2.75, 3.05) is 7.11 Å². The lowest BCUT2D eigenvalue weighted by molar-refractivity contribution is -0.140. The van der Waals surface area contributed by atoms with Gasteiger partial charge >= 0.3 is 5.97 Å². The van der Waals surface area contributed by atoms with Crippen LogP contribution in [0.25, 0.3) is 0 Å². The fourth-order valence-electron chi connectivity index (χ4n) is 3.63. The molecule has 150 valence electrons. The Bertz CT molecular complexity index is 453. The molecule has 0 aliphatic heterocycles. The van der Waals surface area contributed by atoms with Crippen molar-refractivity contribution in [1.29, 1.82) is 0 Å². The summed E-state index contributed by atoms with van der Waals surface area (Å²) in [4.78, 5) is 11.1. The van der Waals surface area contributed by atoms with Crippen molar-refractivity contribution in [2.24, 2.45) is 11.8 Å². The second-order valence-electron chi connectivity index (χ2n) is 7.83. The van der Waals surface area contributed by atoms with Crippen LogP contribution in [0.5, 0.6) is 0 Å². The highest BCUT2D eigenvalue weighted by molar-refractivity contribution is 5.69. The van der Waals surface area contributed by atoms with Gasteiger partial charge in [0.05, 0.1) is 18.8 Å². The Kier molecular flexibility index (Phi) is 10.8. The molecular weight excluding hydrogens is 328 g/mol. The fourth-order valence-corrected chi connectivity index (χ4v) is 3.63. The van der Waals surface area contributed by atoms with E-state index in [0.717, 1.165) is 57.8 Å². The molecule has 0 radical (unpaired) electrons. The Morgan fingerprint density at radius 1 is 1.23 bits per heavy atom. The van der Waals surface area contributed by atoms with Crippen molar-refractivity contribution in [3.05, 3.63) is 24.3 Å². The molecule has 0 spiro atoms. The van der Waals surface area contributed by atoms with Crippen molar-refractivity contribution in [3.63, 3.8) is 0 Å². The maximum atomic E-state index is 11.1. The summed E-state index contributed by atoms with van der Waals surface area (Å²) in [5.74, 6) is 0.380. The first-order valence-electron chi connectivity index (χ1n) is 10.2. The van der Waals surface area contributed by atoms with Gasteiger partial charge in [0.2, 0.25) is 0 Å². The zero-order chi connectivity index (χ0) is 19.4. The molecule has 1 fully saturated rings. The molecule has 0 bridgehead atoms. The quantitative estimate of drug-likeness (QED) is 0.302. The van der Waals surface area contributed by atoms with Crippen LogP contribution >= 0.6 is 0 Å². The lowest BCUT2D eigenvalue weighted by Gasteiger charge is -2.22. The maximum absolute atomic E-state index is 11.1. The van der Waals surface area contributed by atoms with Crippen LogP contribution in [0.1, 0.15) is 78.1 Å². The van der Waals surface area contributed by atoms with E-state index in [1.807, 2.05) is 19.1 Å². The lowest BCUT2D eigenvalue weighted by Crippen LogP contribution is -2.23. The van der Waals surface area contributed by atoms with Gasteiger partial charge in [0.1, 0.15) is 0 Å². The van der Waals surface area contributed by atoms with Crippen LogP contribution in [-0.4, -0.2) is 35.0 Å². The fraction of sp³-hybridized carbons (Fsp3) is 0.773. The molecule has 1 rings (SSSR count). The third-order valence-corrected chi connectivity index (χ3v) is 5.37. The normalized spacial score (nSPS) is 25.8. The molecule has 4 nitrogen and oxygen atoms in total. The Hall–Kier alpha value is -1.13. The molecule has 1 aliphatic rings. The highest BCUT2D eigenvalue weighted by Crippen LogP contribution is 2.36. The molecule has 1 unspecified atom stereocenters. The predicted octanol–water partition coefficient (Wildman–Crippen LogP) is 4.55. The summed E-state index contributed by atoms with van der Waals surface area (Å²) in [5, 5.41) is 20.8. The summed E-state index contributed by atoms with van der Waals surface area (Å²) in [6, 6.07) is 0. The van der Waals surface area contributed by atoms with E-state index in [0.29, 0.717) is 12.3 Å². The van der Waals surface area contributed by atoms with Gasteiger partial charge in [0.25, 0.3) is 0 Å². The van der Waals surface area contributed by atoms with E-state index >= 15 is 0 Å². The monoisotopic (exact) mass is 366 g/mol. The van der Waals surface area contributed by atoms with E-state index in [2.05, 4.69) is 23.8 Å². The lowest BCUT2D eigenvalue weighted by atomic mass is 9.88. The van der Waals surface area contributed by atoms with Gasteiger partial charge in [-0.25, -0.2) is 0 Å². The number of unbranched alkanes of at least 4 members (excludes halogenated alkanes) is 3. The van der Waals surface area contributed by atoms with Crippen LogP contribution in [0, 0.1) is 11.8 Å². The third kappa shape index (κ3) is 9.00. The van der Waals surface area contributed by atoms with E-state index in [1.165, 1.54) is 7.11 Å². The molecular formula is C22H38O4. The van der Waals surface area contributed by atoms with E-state index < -0.39 is 5.60 Å². The van der Waals surface area contributed by atoms with E-state index in [4.69, 9.17) is 0 Å². The summed E-state index contributed by atoms with van der Waals surface area (Å²) in [6.45, 7) is 4.02. The van der Waals surface area contributed by atoms with Crippen molar-refractivity contribution >= 4 is 5.97 Å². The zero-order valence-corrected chi connectivity index (χ0v) is 16.8. The topological polar surface area (TPSA) is 66.8 Å². The van der Waals surface area contributed by atoms with Crippen LogP contribution in [0.4, 0.5) is 0 Å². The van der Waals surface area contributed by atoms with Crippen LogP contribution < -0.4 is 0 Å². The summed E-state index contributed by atoms with van der Waals surface area (Å²) in [6.07, 6.45) is 16.9. The molecule has 0 aromatic heterocycles. The molecule has 4 atom stereocenters. The number of hydrogen-bond donors (Lipinski definition) is 2. The van der Waals surface area contributed by atoms with Gasteiger partial charge in [0.15, 0.2) is 0 Å². The van der Waals surface area contributed by atoms with Crippen LogP contribution in [0.15, 0.2) is 24.3 Å². The number of carbonyl (C=O) groups excluding carboxylic acids is 1. The second-order valence-corrected chi connectivity index (χ2v) is 7.83. The summed E-state index contributed by atoms with van der Waals surface area (Å²) in [7, 11) is 1.42. The maximum Gasteiger partial charge on any atom is 0.305 e. The van der Waals surface area contributed by atoms with E-state index in [9.17, 15) is 15.0 Å². The zero-order valence-electron chi connectivity index (χ0n) is 16.8. The van der Waals surface area contributed by atoms with Crippen LogP contribution in [0.2, 0.25) is 0 Å². The minimum atomic E-state index is -0.786. The molecule has 0 saturated heterocycles. The average Bonchev–Trinajstić information content (AvgIpc) is 2.96. The Labute approximate surface area is 159 Å². The minimum absolute atomic E-state index is 0.118. The largest absolute Gasteiger partial charge is 0.469 e. The molecule has 0 amide bonds. The number of allylic oxidation sites excluding steroid dienone is 2. The smallest absolute Gasteiger partial charge is 0.305 e. The molecule has 1 saturated carbocycles. The SMILES string of the molecule is CCCCCC(C)(O)/C=C/[C@@H]1[C@@H](C/C=C\CCCC(=O)OC)CC[C@H]1O. The number of esters is 1. The van der Waals surface area contributed by atoms with Crippen molar-refractivity contribution < 1.29 is 19.7 Å². The second kappa shape index (κ2) is 12.3. The number of methoxy groups -OCH3 is 1. The molecule has 1 aliphatic carbocycles. The van der Waals surface area contributed by atoms with Gasteiger partial charge in [-0.1, -0.05) is 50.5 Å². The van der Waals surface area contributed by atoms with Gasteiger partial charge in [0, 0.05) is 12.3 Å². The summed E-state index contributed by atoms with van der Waals surface area (Å²) >= 11 is 0. The predicted molar refractivity (Wildman–Crippen MR) is 106 cm³/mol. The van der Waals surface area contributed by atoms with Gasteiger partial charge in [-0.3, -0.25) is 4.79 Å². The average molecular weight is 367 g/mol. The molecule has 0 heterocycles. The number of aliphatic hydroxyl groups excluding tert-OH is 1. The highest BCUT2D eigenvalue weighted by Gasteiger charge is 2.32. The van der Waals surface area contributed by atoms with E-state index in [-0.39, 0.29) is 18.0 Å². The molecule has 2 N–H and O–H groups in total. The first kappa shape index (κ1) is 22.9. The van der Waals surface area contributed by atoms with Crippen LogP contribution in [-0.2, 0) is 9.53 Å². The number of hydrogen-bond acceptors (Lipinski definition) is 4. The number of rotatable bonds is 12. The highest BCUT2D eigenvalue weighted by atomic mass is 16.5. The summed E-state index contributed by atoms with van der Waals surface area (Å²) in [5.41, 5.74) is -0.786. The Morgan fingerprint density at radius 2 is 2.00 bits per heavy atom. The van der Waals surface area contributed by atoms with Crippen LogP contribution in [0.3, 0.4) is 0 Å². The van der Waals surface area contributed by atoms with Crippen molar-refractivity contribution in [1.82, 2.24) is 0 Å². The minimum Gasteiger partial charge on any atom is -0.469 e. The third-order valence-electron chi connectivity index (χ3n) is 5.37. The number of ether oxygens (including phenoxy) is 1. The van der Waals surface area contributed by atoms with Crippen molar-refractivity contribution in [3.8, 4) is 0 Å². The first-order chi connectivity index (χ1) is 12.4. The standard InChI is InChI=1S/C22H38O4/c1-4-5-10-16-22(2,25)17-15-19-18(13-14-20(19)23)11-8-6-7-9-12-21(24)26-3/h6,8,15,17-20,23,25H,4-5,7,9-14,16H2,1-3H3/b8-6-,17-15+/t18-,19+,20+,22?/m0/s1. The Balaban J connectivity index is 2.43. The molecule has 0 aromatic rings. The Morgan fingerprint density at radius 3 is 2.69 bits per heavy atom. The molecule has 26 heavy (non-hydrogen) atoms. The van der Waals surface area contributed by atoms with Crippen molar-refractivity contribution in [2.45, 2.75) is 89.8 Å². The molecule has 0 aromatic carbocycles. The number of carbonyl (C=O) groups is 1. The summed E-state index contributed by atoms with van der Waals surface area (Å²) < 4.78 is 4.63. The van der Waals surface area contributed by atoms with Gasteiger partial charge in [-0.05, 0) is 51.4 Å². The van der Waals surface area contributed by atoms with Gasteiger partial charge < -0.3 is 14.9 Å².